The van der Waals surface area contributed by atoms with Crippen molar-refractivity contribution in [2.75, 3.05) is 13.1 Å². The molecule has 0 unspecified atom stereocenters. The summed E-state index contributed by atoms with van der Waals surface area (Å²) < 4.78 is 40.0. The van der Waals surface area contributed by atoms with Gasteiger partial charge in [0.2, 0.25) is 10.0 Å². The first-order valence-electron chi connectivity index (χ1n) is 5.74. The van der Waals surface area contributed by atoms with Gasteiger partial charge in [0.05, 0.1) is 0 Å². The van der Waals surface area contributed by atoms with Gasteiger partial charge in [0, 0.05) is 24.0 Å². The molecule has 1 aromatic rings. The maximum absolute atomic E-state index is 13.8. The van der Waals surface area contributed by atoms with E-state index in [4.69, 9.17) is 10.9 Å². The minimum absolute atomic E-state index is 0.00420. The zero-order chi connectivity index (χ0) is 15.3. The molecule has 1 aromatic carbocycles. The number of halogens is 2. The Balaban J connectivity index is 3.06. The van der Waals surface area contributed by atoms with Crippen LogP contribution < -0.4 is 5.73 Å². The van der Waals surface area contributed by atoms with Crippen molar-refractivity contribution < 1.29 is 18.0 Å². The van der Waals surface area contributed by atoms with E-state index in [1.807, 2.05) is 0 Å². The highest BCUT2D eigenvalue weighted by Gasteiger charge is 2.26. The molecule has 0 aliphatic rings. The van der Waals surface area contributed by atoms with Crippen molar-refractivity contribution in [3.63, 3.8) is 0 Å². The zero-order valence-corrected chi connectivity index (χ0v) is 13.2. The lowest BCUT2D eigenvalue weighted by Gasteiger charge is -2.20. The molecular formula is C11H15BrFN3O3S. The summed E-state index contributed by atoms with van der Waals surface area (Å²) in [6.07, 6.45) is 0.0573. The average molecular weight is 368 g/mol. The number of nitrogens with two attached hydrogens (primary N) is 1. The van der Waals surface area contributed by atoms with Gasteiger partial charge in [-0.2, -0.15) is 4.31 Å². The predicted octanol–water partition coefficient (Wildman–Crippen LogP) is 1.74. The summed E-state index contributed by atoms with van der Waals surface area (Å²) in [6, 6.07) is 3.73. The highest BCUT2D eigenvalue weighted by atomic mass is 79.9. The average Bonchev–Trinajstić information content (AvgIpc) is 2.38. The quantitative estimate of drug-likeness (QED) is 0.346. The summed E-state index contributed by atoms with van der Waals surface area (Å²) in [5.74, 6) is -0.920. The van der Waals surface area contributed by atoms with Crippen molar-refractivity contribution in [3.05, 3.63) is 28.5 Å². The Morgan fingerprint density at radius 3 is 2.70 bits per heavy atom. The molecule has 3 N–H and O–H groups in total. The summed E-state index contributed by atoms with van der Waals surface area (Å²) in [5, 5.41) is 11.2. The van der Waals surface area contributed by atoms with Crippen LogP contribution in [0.3, 0.4) is 0 Å². The number of oxime groups is 1. The standard InChI is InChI=1S/C11H15BrFN3O3S/c1-2-16(6-5-11(14)15-17)20(18,19)10-4-3-8(12)7-9(10)13/h3-4,7,17H,2,5-6H2,1H3,(H2,14,15). The highest BCUT2D eigenvalue weighted by molar-refractivity contribution is 9.10. The van der Waals surface area contributed by atoms with Crippen LogP contribution in [0, 0.1) is 5.82 Å². The second kappa shape index (κ2) is 7.00. The fourth-order valence-corrected chi connectivity index (χ4v) is 3.39. The molecule has 0 saturated heterocycles. The fourth-order valence-electron chi connectivity index (χ4n) is 1.56. The molecule has 0 aliphatic carbocycles. The smallest absolute Gasteiger partial charge is 0.245 e. The van der Waals surface area contributed by atoms with Gasteiger partial charge in [-0.3, -0.25) is 0 Å². The third kappa shape index (κ3) is 3.90. The number of sulfonamides is 1. The summed E-state index contributed by atoms with van der Waals surface area (Å²) in [6.45, 7) is 1.78. The number of amidine groups is 1. The normalized spacial score (nSPS) is 12.9. The van der Waals surface area contributed by atoms with Crippen LogP contribution in [0.5, 0.6) is 0 Å². The molecule has 0 aliphatic heterocycles. The van der Waals surface area contributed by atoms with Gasteiger partial charge >= 0.3 is 0 Å². The molecule has 1 rings (SSSR count). The first-order chi connectivity index (χ1) is 9.32. The molecule has 0 aromatic heterocycles. The lowest BCUT2D eigenvalue weighted by atomic mass is 10.3. The van der Waals surface area contributed by atoms with Crippen LogP contribution in [0.25, 0.3) is 0 Å². The number of hydrogen-bond donors (Lipinski definition) is 2. The minimum atomic E-state index is -3.96. The van der Waals surface area contributed by atoms with Crippen molar-refractivity contribution in [1.82, 2.24) is 4.31 Å². The van der Waals surface area contributed by atoms with Crippen molar-refractivity contribution in [1.29, 1.82) is 0 Å². The molecule has 20 heavy (non-hydrogen) atoms. The number of hydrogen-bond acceptors (Lipinski definition) is 4. The van der Waals surface area contributed by atoms with E-state index in [1.54, 1.807) is 6.92 Å². The molecule has 0 amide bonds. The summed E-state index contributed by atoms with van der Waals surface area (Å²) in [7, 11) is -3.96. The van der Waals surface area contributed by atoms with Gasteiger partial charge in [-0.05, 0) is 18.2 Å². The Bertz CT molecular complexity index is 607. The fraction of sp³-hybridized carbons (Fsp3) is 0.364. The Kier molecular flexibility index (Phi) is 5.90. The summed E-state index contributed by atoms with van der Waals surface area (Å²) >= 11 is 3.07. The third-order valence-electron chi connectivity index (χ3n) is 2.61. The molecule has 0 atom stereocenters. The topological polar surface area (TPSA) is 96.0 Å². The van der Waals surface area contributed by atoms with Gasteiger partial charge in [0.25, 0.3) is 0 Å². The Morgan fingerprint density at radius 1 is 1.55 bits per heavy atom. The van der Waals surface area contributed by atoms with Crippen LogP contribution in [0.1, 0.15) is 13.3 Å². The van der Waals surface area contributed by atoms with E-state index in [2.05, 4.69) is 21.1 Å². The predicted molar refractivity (Wildman–Crippen MR) is 76.6 cm³/mol. The molecular weight excluding hydrogens is 353 g/mol. The van der Waals surface area contributed by atoms with Crippen LogP contribution >= 0.6 is 15.9 Å². The first-order valence-corrected chi connectivity index (χ1v) is 7.97. The molecule has 0 radical (unpaired) electrons. The summed E-state index contributed by atoms with van der Waals surface area (Å²) in [4.78, 5) is -0.401. The van der Waals surface area contributed by atoms with E-state index in [9.17, 15) is 12.8 Å². The van der Waals surface area contributed by atoms with Crippen LogP contribution in [0.2, 0.25) is 0 Å². The highest BCUT2D eigenvalue weighted by Crippen LogP contribution is 2.22. The van der Waals surface area contributed by atoms with Crippen LogP contribution in [0.15, 0.2) is 32.7 Å². The van der Waals surface area contributed by atoms with Gasteiger partial charge in [-0.25, -0.2) is 12.8 Å². The molecule has 6 nitrogen and oxygen atoms in total. The largest absolute Gasteiger partial charge is 0.409 e. The van der Waals surface area contributed by atoms with E-state index >= 15 is 0 Å². The second-order valence-corrected chi connectivity index (χ2v) is 6.73. The van der Waals surface area contributed by atoms with Crippen molar-refractivity contribution in [2.24, 2.45) is 10.9 Å². The van der Waals surface area contributed by atoms with Gasteiger partial charge in [-0.15, -0.1) is 0 Å². The maximum atomic E-state index is 13.8. The van der Waals surface area contributed by atoms with Crippen LogP contribution in [-0.2, 0) is 10.0 Å². The Labute approximate surface area is 125 Å². The Morgan fingerprint density at radius 2 is 2.20 bits per heavy atom. The summed E-state index contributed by atoms with van der Waals surface area (Å²) in [5.41, 5.74) is 5.31. The van der Waals surface area contributed by atoms with E-state index < -0.39 is 20.7 Å². The molecule has 0 saturated carbocycles. The van der Waals surface area contributed by atoms with Gasteiger partial charge < -0.3 is 10.9 Å². The molecule has 0 fully saturated rings. The second-order valence-electron chi connectivity index (χ2n) is 3.91. The number of rotatable bonds is 6. The van der Waals surface area contributed by atoms with E-state index in [0.29, 0.717) is 4.47 Å². The van der Waals surface area contributed by atoms with E-state index in [1.165, 1.54) is 12.1 Å². The molecule has 9 heteroatoms. The minimum Gasteiger partial charge on any atom is -0.409 e. The van der Waals surface area contributed by atoms with Gasteiger partial charge in [-0.1, -0.05) is 28.0 Å². The van der Waals surface area contributed by atoms with Crippen molar-refractivity contribution in [2.45, 2.75) is 18.2 Å². The Hall–Kier alpha value is -1.19. The zero-order valence-electron chi connectivity index (χ0n) is 10.8. The van der Waals surface area contributed by atoms with Crippen LogP contribution in [-0.4, -0.2) is 36.9 Å². The van der Waals surface area contributed by atoms with E-state index in [-0.39, 0.29) is 25.3 Å². The van der Waals surface area contributed by atoms with Crippen molar-refractivity contribution >= 4 is 31.8 Å². The molecule has 0 bridgehead atoms. The van der Waals surface area contributed by atoms with Crippen molar-refractivity contribution in [3.8, 4) is 0 Å². The molecule has 112 valence electrons. The monoisotopic (exact) mass is 367 g/mol. The molecule has 0 heterocycles. The lowest BCUT2D eigenvalue weighted by Crippen LogP contribution is -2.34. The molecule has 0 spiro atoms. The number of benzene rings is 1. The number of nitrogens with zero attached hydrogens (tertiary/aromatic N) is 2. The van der Waals surface area contributed by atoms with Gasteiger partial charge in [0.15, 0.2) is 0 Å². The van der Waals surface area contributed by atoms with E-state index in [0.717, 1.165) is 10.4 Å². The van der Waals surface area contributed by atoms with Gasteiger partial charge in [0.1, 0.15) is 16.5 Å². The maximum Gasteiger partial charge on any atom is 0.245 e. The lowest BCUT2D eigenvalue weighted by molar-refractivity contribution is 0.315. The van der Waals surface area contributed by atoms with Crippen LogP contribution in [0.4, 0.5) is 4.39 Å². The first kappa shape index (κ1) is 16.9. The third-order valence-corrected chi connectivity index (χ3v) is 5.11. The SMILES string of the molecule is CCN(CC/C(N)=N/O)S(=O)(=O)c1ccc(Br)cc1F.